The molecular weight excluding hydrogens is 310 g/mol. The van der Waals surface area contributed by atoms with Crippen molar-refractivity contribution in [1.29, 1.82) is 0 Å². The minimum absolute atomic E-state index is 0.187. The molecule has 0 N–H and O–H groups in total. The number of nitrogens with zero attached hydrogens (tertiary/aromatic N) is 1. The fourth-order valence-electron chi connectivity index (χ4n) is 1.88. The van der Waals surface area contributed by atoms with Crippen molar-refractivity contribution in [1.82, 2.24) is 0 Å². The van der Waals surface area contributed by atoms with Crippen molar-refractivity contribution >= 4 is 16.2 Å². The molecule has 23 heavy (non-hydrogen) atoms. The number of benzene rings is 2. The largest absolute Gasteiger partial charge is 0.488 e. The van der Waals surface area contributed by atoms with E-state index in [1.54, 1.807) is 48.5 Å². The van der Waals surface area contributed by atoms with Crippen LogP contribution in [-0.2, 0) is 10.0 Å². The van der Waals surface area contributed by atoms with E-state index in [0.29, 0.717) is 5.56 Å². The molecule has 0 aromatic heterocycles. The molecule has 0 saturated carbocycles. The molecule has 0 amide bonds. The SMILES string of the molecule is Cc1ccc(S(=O)(=O)/N=C\c2ccc(OC(C)(C)C)cc2)cc1. The highest BCUT2D eigenvalue weighted by Gasteiger charge is 2.12. The van der Waals surface area contributed by atoms with Gasteiger partial charge in [0.1, 0.15) is 11.4 Å². The zero-order valence-corrected chi connectivity index (χ0v) is 14.6. The Morgan fingerprint density at radius 3 is 2.04 bits per heavy atom. The number of aryl methyl sites for hydroxylation is 1. The summed E-state index contributed by atoms with van der Waals surface area (Å²) in [6.45, 7) is 7.81. The van der Waals surface area contributed by atoms with Gasteiger partial charge in [0.05, 0.1) is 4.90 Å². The average Bonchev–Trinajstić information content (AvgIpc) is 2.45. The van der Waals surface area contributed by atoms with Crippen molar-refractivity contribution in [2.24, 2.45) is 4.40 Å². The molecule has 0 spiro atoms. The second-order valence-corrected chi connectivity index (χ2v) is 7.94. The molecule has 0 aliphatic rings. The zero-order chi connectivity index (χ0) is 17.1. The standard InChI is InChI=1S/C18H21NO3S/c1-14-5-11-17(12-6-14)23(20,21)19-13-15-7-9-16(10-8-15)22-18(2,3)4/h5-13H,1-4H3/b19-13-. The molecule has 5 heteroatoms. The summed E-state index contributed by atoms with van der Waals surface area (Å²) in [6.07, 6.45) is 1.34. The van der Waals surface area contributed by atoms with E-state index < -0.39 is 10.0 Å². The van der Waals surface area contributed by atoms with Gasteiger partial charge in [0.2, 0.25) is 0 Å². The molecule has 0 bridgehead atoms. The highest BCUT2D eigenvalue weighted by Crippen LogP contribution is 2.18. The lowest BCUT2D eigenvalue weighted by atomic mass is 10.2. The lowest BCUT2D eigenvalue weighted by molar-refractivity contribution is 0.131. The van der Waals surface area contributed by atoms with Crippen LogP contribution in [0, 0.1) is 6.92 Å². The third-order valence-electron chi connectivity index (χ3n) is 2.96. The normalized spacial score (nSPS) is 12.5. The Hall–Kier alpha value is -2.14. The van der Waals surface area contributed by atoms with Crippen molar-refractivity contribution in [3.05, 3.63) is 59.7 Å². The number of hydrogen-bond donors (Lipinski definition) is 0. The molecule has 0 aliphatic heterocycles. The average molecular weight is 331 g/mol. The molecule has 2 aromatic carbocycles. The molecule has 0 heterocycles. The highest BCUT2D eigenvalue weighted by atomic mass is 32.2. The fraction of sp³-hybridized carbons (Fsp3) is 0.278. The number of rotatable bonds is 4. The number of hydrogen-bond acceptors (Lipinski definition) is 3. The van der Waals surface area contributed by atoms with Crippen LogP contribution in [0.4, 0.5) is 0 Å². The van der Waals surface area contributed by atoms with Crippen LogP contribution >= 0.6 is 0 Å². The second kappa shape index (κ2) is 6.54. The molecule has 0 unspecified atom stereocenters. The van der Waals surface area contributed by atoms with Crippen molar-refractivity contribution in [2.45, 2.75) is 38.2 Å². The first-order valence-electron chi connectivity index (χ1n) is 7.32. The lowest BCUT2D eigenvalue weighted by Crippen LogP contribution is -2.22. The summed E-state index contributed by atoms with van der Waals surface area (Å²) in [4.78, 5) is 0.187. The summed E-state index contributed by atoms with van der Waals surface area (Å²) in [6, 6.07) is 13.8. The van der Waals surface area contributed by atoms with Crippen LogP contribution in [0.3, 0.4) is 0 Å². The number of sulfonamides is 1. The van der Waals surface area contributed by atoms with Gasteiger partial charge in [-0.3, -0.25) is 0 Å². The molecule has 0 atom stereocenters. The smallest absolute Gasteiger partial charge is 0.282 e. The van der Waals surface area contributed by atoms with Gasteiger partial charge < -0.3 is 4.74 Å². The Bertz CT molecular complexity index is 784. The molecule has 0 fully saturated rings. The molecule has 0 saturated heterocycles. The summed E-state index contributed by atoms with van der Waals surface area (Å²) in [5.41, 5.74) is 1.43. The van der Waals surface area contributed by atoms with Gasteiger partial charge in [-0.2, -0.15) is 12.8 Å². The van der Waals surface area contributed by atoms with Crippen LogP contribution in [0.15, 0.2) is 57.8 Å². The van der Waals surface area contributed by atoms with Crippen LogP contribution in [0.25, 0.3) is 0 Å². The zero-order valence-electron chi connectivity index (χ0n) is 13.8. The molecule has 4 nitrogen and oxygen atoms in total. The monoisotopic (exact) mass is 331 g/mol. The summed E-state index contributed by atoms with van der Waals surface area (Å²) in [7, 11) is -3.68. The maximum absolute atomic E-state index is 12.1. The van der Waals surface area contributed by atoms with E-state index in [1.807, 2.05) is 27.7 Å². The Morgan fingerprint density at radius 1 is 0.957 bits per heavy atom. The third kappa shape index (κ3) is 5.21. The van der Waals surface area contributed by atoms with E-state index in [2.05, 4.69) is 4.40 Å². The maximum atomic E-state index is 12.1. The van der Waals surface area contributed by atoms with Gasteiger partial charge in [0, 0.05) is 6.21 Å². The first kappa shape index (κ1) is 17.2. The van der Waals surface area contributed by atoms with E-state index in [9.17, 15) is 8.42 Å². The van der Waals surface area contributed by atoms with E-state index in [4.69, 9.17) is 4.74 Å². The molecular formula is C18H21NO3S. The van der Waals surface area contributed by atoms with Gasteiger partial charge in [0.15, 0.2) is 0 Å². The third-order valence-corrected chi connectivity index (χ3v) is 4.21. The van der Waals surface area contributed by atoms with Crippen LogP contribution < -0.4 is 4.74 Å². The summed E-state index contributed by atoms with van der Waals surface area (Å²) >= 11 is 0. The van der Waals surface area contributed by atoms with Gasteiger partial charge >= 0.3 is 0 Å². The Morgan fingerprint density at radius 2 is 1.52 bits per heavy atom. The van der Waals surface area contributed by atoms with Gasteiger partial charge in [-0.05, 0) is 69.7 Å². The van der Waals surface area contributed by atoms with E-state index in [1.165, 1.54) is 6.21 Å². The predicted molar refractivity (Wildman–Crippen MR) is 92.8 cm³/mol. The van der Waals surface area contributed by atoms with Crippen LogP contribution in [-0.4, -0.2) is 20.2 Å². The molecule has 0 aliphatic carbocycles. The molecule has 2 rings (SSSR count). The Labute approximate surface area is 137 Å². The predicted octanol–water partition coefficient (Wildman–Crippen LogP) is 3.98. The van der Waals surface area contributed by atoms with Gasteiger partial charge in [-0.15, -0.1) is 0 Å². The van der Waals surface area contributed by atoms with Crippen molar-refractivity contribution in [3.63, 3.8) is 0 Å². The highest BCUT2D eigenvalue weighted by molar-refractivity contribution is 7.90. The summed E-state index contributed by atoms with van der Waals surface area (Å²) in [5.74, 6) is 0.732. The van der Waals surface area contributed by atoms with Crippen molar-refractivity contribution in [2.75, 3.05) is 0 Å². The van der Waals surface area contributed by atoms with Crippen LogP contribution in [0.2, 0.25) is 0 Å². The Balaban J connectivity index is 2.14. The minimum Gasteiger partial charge on any atom is -0.488 e. The van der Waals surface area contributed by atoms with Crippen LogP contribution in [0.5, 0.6) is 5.75 Å². The van der Waals surface area contributed by atoms with E-state index in [0.717, 1.165) is 11.3 Å². The van der Waals surface area contributed by atoms with Crippen LogP contribution in [0.1, 0.15) is 31.9 Å². The van der Waals surface area contributed by atoms with Gasteiger partial charge in [-0.25, -0.2) is 0 Å². The second-order valence-electron chi connectivity index (χ2n) is 6.31. The van der Waals surface area contributed by atoms with Crippen molar-refractivity contribution < 1.29 is 13.2 Å². The maximum Gasteiger partial charge on any atom is 0.282 e. The first-order valence-corrected chi connectivity index (χ1v) is 8.76. The summed E-state index contributed by atoms with van der Waals surface area (Å²) in [5, 5.41) is 0. The molecule has 2 aromatic rings. The van der Waals surface area contributed by atoms with E-state index in [-0.39, 0.29) is 10.5 Å². The Kier molecular flexibility index (Phi) is 4.90. The van der Waals surface area contributed by atoms with E-state index >= 15 is 0 Å². The minimum atomic E-state index is -3.68. The number of ether oxygens (including phenoxy) is 1. The fourth-order valence-corrected chi connectivity index (χ4v) is 2.74. The summed E-state index contributed by atoms with van der Waals surface area (Å²) < 4.78 is 33.8. The first-order chi connectivity index (χ1) is 10.7. The quantitative estimate of drug-likeness (QED) is 0.796. The van der Waals surface area contributed by atoms with Gasteiger partial charge in [-0.1, -0.05) is 17.7 Å². The van der Waals surface area contributed by atoms with Crippen molar-refractivity contribution in [3.8, 4) is 5.75 Å². The van der Waals surface area contributed by atoms with Gasteiger partial charge in [0.25, 0.3) is 10.0 Å². The lowest BCUT2D eigenvalue weighted by Gasteiger charge is -2.21. The topological polar surface area (TPSA) is 55.7 Å². The molecule has 0 radical (unpaired) electrons. The molecule has 122 valence electrons.